The van der Waals surface area contributed by atoms with Crippen LogP contribution in [0.2, 0.25) is 0 Å². The molecular formula is C3HF6NS6. The molecule has 0 spiro atoms. The normalized spacial score (nSPS) is 33.1. The molecule has 1 rings (SSSR count). The molecule has 1 N–H and O–H groups in total. The fourth-order valence-electron chi connectivity index (χ4n) is 0.756. The highest BCUT2D eigenvalue weighted by Gasteiger charge is 2.80. The molecule has 0 amide bonds. The van der Waals surface area contributed by atoms with Gasteiger partial charge in [0.25, 0.3) is 0 Å². The van der Waals surface area contributed by atoms with Crippen LogP contribution in [0.5, 0.6) is 0 Å². The van der Waals surface area contributed by atoms with Gasteiger partial charge in [-0.15, -0.1) is 0 Å². The van der Waals surface area contributed by atoms with Crippen molar-refractivity contribution < 1.29 is 26.3 Å². The maximum absolute atomic E-state index is 13.1. The summed E-state index contributed by atoms with van der Waals surface area (Å²) in [6, 6.07) is 0. The molecule has 1 fully saturated rings. The molecule has 0 saturated carbocycles. The summed E-state index contributed by atoms with van der Waals surface area (Å²) in [6.45, 7) is 0. The summed E-state index contributed by atoms with van der Waals surface area (Å²) in [7, 11) is -8.73. The van der Waals surface area contributed by atoms with Crippen LogP contribution in [-0.2, 0) is 59.4 Å². The van der Waals surface area contributed by atoms with E-state index in [1.165, 1.54) is 4.13 Å². The SMILES string of the molecule is FC1(F)C(F)(F)S(=S)(=S)NS(=S)(=S)C1(F)F. The first kappa shape index (κ1) is 15.2. The smallest absolute Gasteiger partial charge is 0.190 e. The first-order chi connectivity index (χ1) is 6.71. The zero-order valence-corrected chi connectivity index (χ0v) is 11.6. The molecule has 0 aromatic carbocycles. The second-order valence-electron chi connectivity index (χ2n) is 2.70. The van der Waals surface area contributed by atoms with Crippen molar-refractivity contribution in [2.24, 2.45) is 0 Å². The van der Waals surface area contributed by atoms with Crippen LogP contribution in [0, 0.1) is 0 Å². The van der Waals surface area contributed by atoms with Crippen LogP contribution in [0.1, 0.15) is 0 Å². The van der Waals surface area contributed by atoms with E-state index in [-0.39, 0.29) is 0 Å². The van der Waals surface area contributed by atoms with Gasteiger partial charge >= 0.3 is 16.4 Å². The maximum atomic E-state index is 13.1. The van der Waals surface area contributed by atoms with Gasteiger partial charge in [0.15, 0.2) is 0 Å². The number of alkyl halides is 6. The van der Waals surface area contributed by atoms with Crippen LogP contribution < -0.4 is 4.13 Å². The van der Waals surface area contributed by atoms with E-state index >= 15 is 0 Å². The zero-order chi connectivity index (χ0) is 13.2. The van der Waals surface area contributed by atoms with Gasteiger partial charge in [-0.1, -0.05) is 0 Å². The Morgan fingerprint density at radius 3 is 1.19 bits per heavy atom. The molecule has 96 valence electrons. The summed E-state index contributed by atoms with van der Waals surface area (Å²) < 4.78 is 79.5. The first-order valence-corrected chi connectivity index (χ1v) is 10.1. The Balaban J connectivity index is 3.70. The predicted molar refractivity (Wildman–Crippen MR) is 62.2 cm³/mol. The summed E-state index contributed by atoms with van der Waals surface area (Å²) in [5.74, 6) is -5.73. The van der Waals surface area contributed by atoms with Gasteiger partial charge in [-0.05, 0) is 44.8 Å². The van der Waals surface area contributed by atoms with Crippen molar-refractivity contribution in [2.75, 3.05) is 0 Å². The summed E-state index contributed by atoms with van der Waals surface area (Å²) in [5, 5.41) is -10.5. The third-order valence-electron chi connectivity index (χ3n) is 1.63. The number of rotatable bonds is 0. The molecular weight excluding hydrogens is 356 g/mol. The van der Waals surface area contributed by atoms with Gasteiger partial charge in [0.2, 0.25) is 0 Å². The maximum Gasteiger partial charge on any atom is 0.395 e. The highest BCUT2D eigenvalue weighted by molar-refractivity contribution is 8.65. The first-order valence-electron chi connectivity index (χ1n) is 3.12. The van der Waals surface area contributed by atoms with Crippen molar-refractivity contribution in [3.05, 3.63) is 0 Å². The lowest BCUT2D eigenvalue weighted by molar-refractivity contribution is -0.241. The Morgan fingerprint density at radius 1 is 0.688 bits per heavy atom. The number of halogens is 6. The molecule has 1 heterocycles. The van der Waals surface area contributed by atoms with E-state index in [1.807, 2.05) is 0 Å². The van der Waals surface area contributed by atoms with E-state index in [9.17, 15) is 26.3 Å². The number of hydrogen-bond donors (Lipinski definition) is 1. The molecule has 1 nitrogen and oxygen atoms in total. The number of hydrogen-bond acceptors (Lipinski definition) is 4. The molecule has 16 heavy (non-hydrogen) atoms. The second kappa shape index (κ2) is 3.57. The fourth-order valence-corrected chi connectivity index (χ4v) is 10.2. The van der Waals surface area contributed by atoms with Crippen molar-refractivity contribution in [3.8, 4) is 0 Å². The molecule has 1 aliphatic heterocycles. The van der Waals surface area contributed by atoms with E-state index < -0.39 is 31.1 Å². The van der Waals surface area contributed by atoms with Crippen molar-refractivity contribution >= 4 is 59.4 Å². The molecule has 0 unspecified atom stereocenters. The lowest BCUT2D eigenvalue weighted by atomic mass is 10.3. The van der Waals surface area contributed by atoms with E-state index in [1.54, 1.807) is 0 Å². The topological polar surface area (TPSA) is 12.0 Å². The molecule has 0 aromatic heterocycles. The summed E-state index contributed by atoms with van der Waals surface area (Å²) >= 11 is 16.2. The third-order valence-corrected chi connectivity index (χ3v) is 10.2. The van der Waals surface area contributed by atoms with Crippen LogP contribution in [-0.4, -0.2) is 16.4 Å². The highest BCUT2D eigenvalue weighted by atomic mass is 33.1. The van der Waals surface area contributed by atoms with E-state index in [4.69, 9.17) is 0 Å². The second-order valence-corrected chi connectivity index (χ2v) is 13.7. The van der Waals surface area contributed by atoms with Crippen LogP contribution in [0.3, 0.4) is 0 Å². The minimum atomic E-state index is -5.73. The summed E-state index contributed by atoms with van der Waals surface area (Å²) in [6.07, 6.45) is 0. The van der Waals surface area contributed by atoms with Crippen LogP contribution in [0.4, 0.5) is 26.3 Å². The molecule has 0 radical (unpaired) electrons. The minimum absolute atomic E-state index is 1.31. The average molecular weight is 357 g/mol. The van der Waals surface area contributed by atoms with Gasteiger partial charge in [0.05, 0.1) is 0 Å². The fraction of sp³-hybridized carbons (Fsp3) is 1.00. The van der Waals surface area contributed by atoms with Crippen molar-refractivity contribution in [1.29, 1.82) is 0 Å². The summed E-state index contributed by atoms with van der Waals surface area (Å²) in [4.78, 5) is 0. The molecule has 0 bridgehead atoms. The Hall–Kier alpha value is 1.12. The molecule has 1 aliphatic rings. The van der Waals surface area contributed by atoms with Crippen LogP contribution in [0.15, 0.2) is 0 Å². The molecule has 13 heteroatoms. The third kappa shape index (κ3) is 1.62. The predicted octanol–water partition coefficient (Wildman–Crippen LogP) is 1.40. The lowest BCUT2D eigenvalue weighted by Gasteiger charge is -2.42. The van der Waals surface area contributed by atoms with Crippen molar-refractivity contribution in [3.63, 3.8) is 0 Å². The van der Waals surface area contributed by atoms with E-state index in [2.05, 4.69) is 44.8 Å². The number of nitrogens with one attached hydrogen (secondary N) is 1. The molecule has 0 aromatic rings. The molecule has 0 atom stereocenters. The minimum Gasteiger partial charge on any atom is -0.190 e. The van der Waals surface area contributed by atoms with E-state index in [0.29, 0.717) is 0 Å². The van der Waals surface area contributed by atoms with Crippen LogP contribution in [0.25, 0.3) is 0 Å². The highest BCUT2D eigenvalue weighted by Crippen LogP contribution is 2.54. The van der Waals surface area contributed by atoms with Crippen molar-refractivity contribution in [1.82, 2.24) is 4.13 Å². The van der Waals surface area contributed by atoms with Crippen molar-refractivity contribution in [2.45, 2.75) is 16.4 Å². The Morgan fingerprint density at radius 2 is 0.938 bits per heavy atom. The average Bonchev–Trinajstić information content (AvgIpc) is 1.98. The van der Waals surface area contributed by atoms with Gasteiger partial charge in [-0.2, -0.15) is 30.5 Å². The Kier molecular flexibility index (Phi) is 3.39. The Labute approximate surface area is 106 Å². The summed E-state index contributed by atoms with van der Waals surface area (Å²) in [5.41, 5.74) is 0. The standard InChI is InChI=1S/C3HF6NS6/c4-1(5)2(6,7)15(11,12)10-16(13,14)3(1,8)9/h10H. The van der Waals surface area contributed by atoms with Gasteiger partial charge in [-0.25, -0.2) is 0 Å². The molecule has 0 aliphatic carbocycles. The molecule has 1 saturated heterocycles. The van der Waals surface area contributed by atoms with Gasteiger partial charge in [0, 0.05) is 14.7 Å². The van der Waals surface area contributed by atoms with Crippen LogP contribution >= 0.6 is 0 Å². The monoisotopic (exact) mass is 357 g/mol. The lowest BCUT2D eigenvalue weighted by Crippen LogP contribution is -2.69. The van der Waals surface area contributed by atoms with E-state index in [0.717, 1.165) is 0 Å². The zero-order valence-electron chi connectivity index (χ0n) is 6.72. The van der Waals surface area contributed by atoms with Gasteiger partial charge < -0.3 is 0 Å². The largest absolute Gasteiger partial charge is 0.395 e. The van der Waals surface area contributed by atoms with Gasteiger partial charge in [0.1, 0.15) is 0 Å². The Bertz CT molecular complexity index is 468. The van der Waals surface area contributed by atoms with Gasteiger partial charge in [-0.3, -0.25) is 0 Å². The quantitative estimate of drug-likeness (QED) is 0.656.